The Bertz CT molecular complexity index is 119. The summed E-state index contributed by atoms with van der Waals surface area (Å²) in [6, 6.07) is 1.49. The molecule has 2 N–H and O–H groups in total. The van der Waals surface area contributed by atoms with Gasteiger partial charge in [0.25, 0.3) is 0 Å². The third-order valence-corrected chi connectivity index (χ3v) is 2.60. The van der Waals surface area contributed by atoms with Gasteiger partial charge in [0.15, 0.2) is 0 Å². The lowest BCUT2D eigenvalue weighted by Crippen LogP contribution is -2.36. The van der Waals surface area contributed by atoms with E-state index in [4.69, 9.17) is 0 Å². The average molecular weight is 170 g/mol. The van der Waals surface area contributed by atoms with Crippen molar-refractivity contribution < 1.29 is 0 Å². The highest BCUT2D eigenvalue weighted by Gasteiger charge is 2.19. The van der Waals surface area contributed by atoms with Gasteiger partial charge < -0.3 is 10.6 Å². The second kappa shape index (κ2) is 4.83. The van der Waals surface area contributed by atoms with Crippen molar-refractivity contribution in [1.29, 1.82) is 0 Å². The van der Waals surface area contributed by atoms with Gasteiger partial charge in [0.2, 0.25) is 0 Å². The van der Waals surface area contributed by atoms with Crippen molar-refractivity contribution in [3.05, 3.63) is 0 Å². The molecule has 2 nitrogen and oxygen atoms in total. The van der Waals surface area contributed by atoms with Crippen LogP contribution in [0.15, 0.2) is 0 Å². The summed E-state index contributed by atoms with van der Waals surface area (Å²) in [6.07, 6.45) is 2.78. The van der Waals surface area contributed by atoms with E-state index in [1.165, 1.54) is 12.8 Å². The van der Waals surface area contributed by atoms with Crippen LogP contribution >= 0.6 is 0 Å². The van der Waals surface area contributed by atoms with Gasteiger partial charge in [0.1, 0.15) is 0 Å². The van der Waals surface area contributed by atoms with E-state index in [0.717, 1.165) is 25.0 Å². The molecule has 0 saturated heterocycles. The van der Waals surface area contributed by atoms with Crippen LogP contribution in [0.5, 0.6) is 0 Å². The predicted molar refractivity (Wildman–Crippen MR) is 53.3 cm³/mol. The fraction of sp³-hybridized carbons (Fsp3) is 1.00. The van der Waals surface area contributed by atoms with Gasteiger partial charge in [0.05, 0.1) is 0 Å². The quantitative estimate of drug-likeness (QED) is 0.588. The van der Waals surface area contributed by atoms with E-state index in [-0.39, 0.29) is 0 Å². The van der Waals surface area contributed by atoms with Crippen LogP contribution in [0.2, 0.25) is 0 Å². The van der Waals surface area contributed by atoms with Gasteiger partial charge in [-0.1, -0.05) is 13.8 Å². The summed E-state index contributed by atoms with van der Waals surface area (Å²) < 4.78 is 0. The minimum Gasteiger partial charge on any atom is -0.313 e. The number of hydrogen-bond donors (Lipinski definition) is 2. The SMILES string of the molecule is CC(C)C(C)NCCNC1CC1. The van der Waals surface area contributed by atoms with Crippen molar-refractivity contribution in [2.45, 2.75) is 45.7 Å². The van der Waals surface area contributed by atoms with E-state index in [0.29, 0.717) is 6.04 Å². The largest absolute Gasteiger partial charge is 0.313 e. The molecule has 1 saturated carbocycles. The van der Waals surface area contributed by atoms with Crippen LogP contribution in [0.4, 0.5) is 0 Å². The van der Waals surface area contributed by atoms with Gasteiger partial charge in [-0.15, -0.1) is 0 Å². The number of hydrogen-bond acceptors (Lipinski definition) is 2. The van der Waals surface area contributed by atoms with Crippen molar-refractivity contribution in [1.82, 2.24) is 10.6 Å². The Morgan fingerprint density at radius 1 is 1.17 bits per heavy atom. The zero-order chi connectivity index (χ0) is 8.97. The molecule has 0 spiro atoms. The highest BCUT2D eigenvalue weighted by atomic mass is 15.0. The lowest BCUT2D eigenvalue weighted by Gasteiger charge is -2.17. The van der Waals surface area contributed by atoms with Gasteiger partial charge in [-0.2, -0.15) is 0 Å². The second-order valence-electron chi connectivity index (χ2n) is 4.22. The summed E-state index contributed by atoms with van der Waals surface area (Å²) in [4.78, 5) is 0. The third kappa shape index (κ3) is 4.07. The van der Waals surface area contributed by atoms with E-state index in [1.54, 1.807) is 0 Å². The molecule has 1 aliphatic carbocycles. The number of nitrogens with one attached hydrogen (secondary N) is 2. The predicted octanol–water partition coefficient (Wildman–Crippen LogP) is 1.37. The van der Waals surface area contributed by atoms with E-state index in [9.17, 15) is 0 Å². The Labute approximate surface area is 76.1 Å². The third-order valence-electron chi connectivity index (χ3n) is 2.60. The second-order valence-corrected chi connectivity index (χ2v) is 4.22. The highest BCUT2D eigenvalue weighted by Crippen LogP contribution is 2.17. The summed E-state index contributed by atoms with van der Waals surface area (Å²) >= 11 is 0. The minimum absolute atomic E-state index is 0.644. The van der Waals surface area contributed by atoms with E-state index < -0.39 is 0 Å². The maximum Gasteiger partial charge on any atom is 0.00794 e. The van der Waals surface area contributed by atoms with Crippen LogP contribution < -0.4 is 10.6 Å². The molecular weight excluding hydrogens is 148 g/mol. The van der Waals surface area contributed by atoms with Crippen molar-refractivity contribution in [3.8, 4) is 0 Å². The summed E-state index contributed by atoms with van der Waals surface area (Å²) in [5, 5.41) is 6.99. The molecular formula is C10H22N2. The summed E-state index contributed by atoms with van der Waals surface area (Å²) in [7, 11) is 0. The Hall–Kier alpha value is -0.0800. The molecule has 0 aromatic carbocycles. The summed E-state index contributed by atoms with van der Waals surface area (Å²) in [5.74, 6) is 0.742. The Kier molecular flexibility index (Phi) is 4.02. The highest BCUT2D eigenvalue weighted by molar-refractivity contribution is 4.81. The van der Waals surface area contributed by atoms with Crippen LogP contribution in [0.25, 0.3) is 0 Å². The normalized spacial score (nSPS) is 20.0. The van der Waals surface area contributed by atoms with E-state index >= 15 is 0 Å². The first kappa shape index (κ1) is 10.0. The van der Waals surface area contributed by atoms with Crippen molar-refractivity contribution in [3.63, 3.8) is 0 Å². The van der Waals surface area contributed by atoms with E-state index in [2.05, 4.69) is 31.4 Å². The monoisotopic (exact) mass is 170 g/mol. The lowest BCUT2D eigenvalue weighted by atomic mass is 10.1. The fourth-order valence-corrected chi connectivity index (χ4v) is 1.10. The van der Waals surface area contributed by atoms with Gasteiger partial charge in [-0.3, -0.25) is 0 Å². The Balaban J connectivity index is 1.86. The minimum atomic E-state index is 0.644. The maximum atomic E-state index is 3.50. The molecule has 72 valence electrons. The molecule has 0 aliphatic heterocycles. The lowest BCUT2D eigenvalue weighted by molar-refractivity contribution is 0.423. The zero-order valence-corrected chi connectivity index (χ0v) is 8.56. The molecule has 0 aromatic rings. The standard InChI is InChI=1S/C10H22N2/c1-8(2)9(3)11-6-7-12-10-4-5-10/h8-12H,4-7H2,1-3H3. The smallest absolute Gasteiger partial charge is 0.00794 e. The molecule has 12 heavy (non-hydrogen) atoms. The average Bonchev–Trinajstić information content (AvgIpc) is 2.80. The Morgan fingerprint density at radius 3 is 2.33 bits per heavy atom. The molecule has 2 heteroatoms. The van der Waals surface area contributed by atoms with Gasteiger partial charge in [-0.25, -0.2) is 0 Å². The molecule has 1 aliphatic rings. The molecule has 0 amide bonds. The zero-order valence-electron chi connectivity index (χ0n) is 8.56. The molecule has 1 fully saturated rings. The molecule has 0 aromatic heterocycles. The summed E-state index contributed by atoms with van der Waals surface area (Å²) in [6.45, 7) is 9.00. The van der Waals surface area contributed by atoms with Crippen molar-refractivity contribution in [2.75, 3.05) is 13.1 Å². The molecule has 0 radical (unpaired) electrons. The van der Waals surface area contributed by atoms with Gasteiger partial charge in [-0.05, 0) is 25.7 Å². The van der Waals surface area contributed by atoms with Crippen LogP contribution in [-0.4, -0.2) is 25.2 Å². The van der Waals surface area contributed by atoms with Crippen molar-refractivity contribution >= 4 is 0 Å². The molecule has 0 heterocycles. The molecule has 1 unspecified atom stereocenters. The van der Waals surface area contributed by atoms with Gasteiger partial charge in [0, 0.05) is 25.2 Å². The Morgan fingerprint density at radius 2 is 1.83 bits per heavy atom. The fourth-order valence-electron chi connectivity index (χ4n) is 1.10. The number of rotatable bonds is 6. The first-order valence-corrected chi connectivity index (χ1v) is 5.17. The topological polar surface area (TPSA) is 24.1 Å². The first-order chi connectivity index (χ1) is 5.70. The van der Waals surface area contributed by atoms with Crippen LogP contribution in [-0.2, 0) is 0 Å². The van der Waals surface area contributed by atoms with Gasteiger partial charge >= 0.3 is 0 Å². The molecule has 1 atom stereocenters. The first-order valence-electron chi connectivity index (χ1n) is 5.17. The van der Waals surface area contributed by atoms with Crippen LogP contribution in [0, 0.1) is 5.92 Å². The maximum absolute atomic E-state index is 3.50. The molecule has 1 rings (SSSR count). The van der Waals surface area contributed by atoms with E-state index in [1.807, 2.05) is 0 Å². The molecule has 0 bridgehead atoms. The van der Waals surface area contributed by atoms with Crippen molar-refractivity contribution in [2.24, 2.45) is 5.92 Å². The summed E-state index contributed by atoms with van der Waals surface area (Å²) in [5.41, 5.74) is 0. The van der Waals surface area contributed by atoms with Crippen LogP contribution in [0.3, 0.4) is 0 Å². The van der Waals surface area contributed by atoms with Crippen LogP contribution in [0.1, 0.15) is 33.6 Å².